The first-order chi connectivity index (χ1) is 15.7. The Morgan fingerprint density at radius 3 is 2.09 bits per heavy atom. The molecule has 0 saturated heterocycles. The van der Waals surface area contributed by atoms with E-state index in [1.54, 1.807) is 6.92 Å². The van der Waals surface area contributed by atoms with Crippen LogP contribution in [0.2, 0.25) is 0 Å². The number of aliphatic hydroxyl groups excluding tert-OH is 1. The maximum atomic E-state index is 13.1. The van der Waals surface area contributed by atoms with Gasteiger partial charge < -0.3 is 32.5 Å². The second-order valence-corrected chi connectivity index (χ2v) is 8.92. The fraction of sp³-hybridized carbons (Fsp3) is 0.625. The molecule has 1 aromatic rings. The quantitative estimate of drug-likeness (QED) is 0.204. The number of rotatable bonds is 15. The first-order valence-corrected chi connectivity index (χ1v) is 11.7. The summed E-state index contributed by atoms with van der Waals surface area (Å²) in [5, 5.41) is 17.5. The Labute approximate surface area is 197 Å². The van der Waals surface area contributed by atoms with Gasteiger partial charge >= 0.3 is 0 Å². The zero-order valence-electron chi connectivity index (χ0n) is 20.0. The molecule has 0 aliphatic heterocycles. The third-order valence-corrected chi connectivity index (χ3v) is 5.22. The molecule has 33 heavy (non-hydrogen) atoms. The fourth-order valence-corrected chi connectivity index (χ4v) is 3.37. The normalized spacial score (nSPS) is 14.8. The van der Waals surface area contributed by atoms with Gasteiger partial charge in [0.2, 0.25) is 17.7 Å². The van der Waals surface area contributed by atoms with E-state index in [0.29, 0.717) is 32.2 Å². The van der Waals surface area contributed by atoms with E-state index < -0.39 is 36.0 Å². The third-order valence-electron chi connectivity index (χ3n) is 5.22. The summed E-state index contributed by atoms with van der Waals surface area (Å²) >= 11 is 0. The maximum Gasteiger partial charge on any atom is 0.243 e. The molecule has 0 fully saturated rings. The molecular formula is C24H41N5O4. The lowest BCUT2D eigenvalue weighted by molar-refractivity contribution is -0.133. The Bertz CT molecular complexity index is 729. The van der Waals surface area contributed by atoms with Crippen molar-refractivity contribution in [3.63, 3.8) is 0 Å². The first-order valence-electron chi connectivity index (χ1n) is 11.7. The van der Waals surface area contributed by atoms with Gasteiger partial charge in [-0.3, -0.25) is 14.4 Å². The van der Waals surface area contributed by atoms with Crippen molar-refractivity contribution < 1.29 is 19.5 Å². The van der Waals surface area contributed by atoms with Crippen LogP contribution in [0.1, 0.15) is 52.0 Å². The number of unbranched alkanes of at least 4 members (excludes halogenated alkanes) is 1. The van der Waals surface area contributed by atoms with Crippen LogP contribution in [-0.2, 0) is 20.8 Å². The van der Waals surface area contributed by atoms with Gasteiger partial charge in [0.25, 0.3) is 0 Å². The Morgan fingerprint density at radius 2 is 1.52 bits per heavy atom. The summed E-state index contributed by atoms with van der Waals surface area (Å²) in [6, 6.07) is 6.58. The number of nitrogens with two attached hydrogens (primary N) is 2. The van der Waals surface area contributed by atoms with Crippen LogP contribution in [0, 0.1) is 5.92 Å². The molecule has 0 bridgehead atoms. The summed E-state index contributed by atoms with van der Waals surface area (Å²) in [7, 11) is 0. The predicted octanol–water partition coefficient (Wildman–Crippen LogP) is 0.198. The minimum atomic E-state index is -0.820. The van der Waals surface area contributed by atoms with Gasteiger partial charge in [-0.1, -0.05) is 44.2 Å². The van der Waals surface area contributed by atoms with Crippen molar-refractivity contribution in [2.45, 2.75) is 77.0 Å². The summed E-state index contributed by atoms with van der Waals surface area (Å²) in [5.74, 6) is -1.10. The molecule has 4 atom stereocenters. The molecule has 9 heteroatoms. The first kappa shape index (κ1) is 28.5. The summed E-state index contributed by atoms with van der Waals surface area (Å²) in [6.07, 6.45) is 2.54. The number of aliphatic hydroxyl groups is 1. The number of hydrogen-bond donors (Lipinski definition) is 6. The largest absolute Gasteiger partial charge is 0.394 e. The van der Waals surface area contributed by atoms with E-state index in [4.69, 9.17) is 11.5 Å². The van der Waals surface area contributed by atoms with Crippen molar-refractivity contribution in [3.8, 4) is 0 Å². The molecule has 186 valence electrons. The van der Waals surface area contributed by atoms with Crippen LogP contribution < -0.4 is 27.4 Å². The number of carbonyl (C=O) groups is 3. The highest BCUT2D eigenvalue weighted by Gasteiger charge is 2.29. The highest BCUT2D eigenvalue weighted by molar-refractivity contribution is 5.93. The Morgan fingerprint density at radius 1 is 0.909 bits per heavy atom. The van der Waals surface area contributed by atoms with Crippen molar-refractivity contribution >= 4 is 17.7 Å². The molecule has 9 nitrogen and oxygen atoms in total. The minimum Gasteiger partial charge on any atom is -0.394 e. The fourth-order valence-electron chi connectivity index (χ4n) is 3.37. The van der Waals surface area contributed by atoms with Crippen LogP contribution in [-0.4, -0.2) is 60.1 Å². The van der Waals surface area contributed by atoms with E-state index in [1.165, 1.54) is 0 Å². The molecule has 0 heterocycles. The van der Waals surface area contributed by atoms with Gasteiger partial charge in [0.15, 0.2) is 0 Å². The summed E-state index contributed by atoms with van der Waals surface area (Å²) in [4.78, 5) is 38.4. The van der Waals surface area contributed by atoms with Crippen LogP contribution in [0.4, 0.5) is 0 Å². The van der Waals surface area contributed by atoms with Crippen molar-refractivity contribution in [2.75, 3.05) is 13.2 Å². The molecule has 0 unspecified atom stereocenters. The summed E-state index contributed by atoms with van der Waals surface area (Å²) in [5.41, 5.74) is 12.6. The monoisotopic (exact) mass is 463 g/mol. The van der Waals surface area contributed by atoms with Gasteiger partial charge in [0.05, 0.1) is 12.6 Å². The lowest BCUT2D eigenvalue weighted by Gasteiger charge is -2.26. The lowest BCUT2D eigenvalue weighted by atomic mass is 10.0. The van der Waals surface area contributed by atoms with Gasteiger partial charge in [0, 0.05) is 6.04 Å². The highest BCUT2D eigenvalue weighted by Crippen LogP contribution is 2.09. The van der Waals surface area contributed by atoms with Crippen molar-refractivity contribution in [2.24, 2.45) is 17.4 Å². The molecular weight excluding hydrogens is 422 g/mol. The molecule has 3 amide bonds. The number of benzene rings is 1. The average Bonchev–Trinajstić information content (AvgIpc) is 2.78. The highest BCUT2D eigenvalue weighted by atomic mass is 16.3. The second kappa shape index (κ2) is 15.4. The molecule has 0 spiro atoms. The average molecular weight is 464 g/mol. The lowest BCUT2D eigenvalue weighted by Crippen LogP contribution is -2.57. The summed E-state index contributed by atoms with van der Waals surface area (Å²) in [6.45, 7) is 5.85. The van der Waals surface area contributed by atoms with Gasteiger partial charge in [-0.25, -0.2) is 0 Å². The molecule has 0 aliphatic carbocycles. The number of carbonyl (C=O) groups excluding carboxylic acids is 3. The van der Waals surface area contributed by atoms with Crippen LogP contribution in [0.25, 0.3) is 0 Å². The van der Waals surface area contributed by atoms with Crippen molar-refractivity contribution in [1.82, 2.24) is 16.0 Å². The van der Waals surface area contributed by atoms with Crippen molar-refractivity contribution in [1.29, 1.82) is 0 Å². The van der Waals surface area contributed by atoms with E-state index in [9.17, 15) is 19.5 Å². The molecule has 0 aliphatic rings. The molecule has 0 saturated carbocycles. The zero-order chi connectivity index (χ0) is 24.8. The van der Waals surface area contributed by atoms with E-state index >= 15 is 0 Å². The molecule has 1 aromatic carbocycles. The topological polar surface area (TPSA) is 160 Å². The Kier molecular flexibility index (Phi) is 13.3. The molecule has 8 N–H and O–H groups in total. The zero-order valence-corrected chi connectivity index (χ0v) is 20.0. The van der Waals surface area contributed by atoms with E-state index in [1.807, 2.05) is 44.2 Å². The molecule has 0 radical (unpaired) electrons. The SMILES string of the molecule is CC(C)C[C@@H](NC(=O)[C@@H](N)Cc1ccccc1)C(=O)N[C@H](CCCCN)C(=O)N[C@H](C)CO. The summed E-state index contributed by atoms with van der Waals surface area (Å²) < 4.78 is 0. The number of hydrogen-bond acceptors (Lipinski definition) is 6. The Hall–Kier alpha value is -2.49. The van der Waals surface area contributed by atoms with E-state index in [0.717, 1.165) is 12.0 Å². The van der Waals surface area contributed by atoms with E-state index in [2.05, 4.69) is 16.0 Å². The standard InChI is InChI=1S/C24H41N5O4/c1-16(2)13-21(29-22(31)19(26)14-18-9-5-4-6-10-18)24(33)28-20(11-7-8-12-25)23(32)27-17(3)15-30/h4-6,9-10,16-17,19-21,30H,7-8,11-15,25-26H2,1-3H3,(H,27,32)(H,28,33)(H,29,31)/t17-,19+,20-,21-/m1/s1. The third kappa shape index (κ3) is 11.3. The molecule has 1 rings (SSSR count). The van der Waals surface area contributed by atoms with Crippen LogP contribution in [0.15, 0.2) is 30.3 Å². The van der Waals surface area contributed by atoms with Gasteiger partial charge in [0.1, 0.15) is 12.1 Å². The predicted molar refractivity (Wildman–Crippen MR) is 129 cm³/mol. The van der Waals surface area contributed by atoms with E-state index in [-0.39, 0.29) is 18.4 Å². The van der Waals surface area contributed by atoms with Crippen LogP contribution in [0.5, 0.6) is 0 Å². The van der Waals surface area contributed by atoms with Crippen LogP contribution in [0.3, 0.4) is 0 Å². The van der Waals surface area contributed by atoms with Crippen LogP contribution >= 0.6 is 0 Å². The van der Waals surface area contributed by atoms with Gasteiger partial charge in [-0.15, -0.1) is 0 Å². The second-order valence-electron chi connectivity index (χ2n) is 8.92. The van der Waals surface area contributed by atoms with Gasteiger partial charge in [-0.2, -0.15) is 0 Å². The minimum absolute atomic E-state index is 0.130. The number of nitrogens with one attached hydrogen (secondary N) is 3. The van der Waals surface area contributed by atoms with Crippen molar-refractivity contribution in [3.05, 3.63) is 35.9 Å². The number of amides is 3. The maximum absolute atomic E-state index is 13.1. The Balaban J connectivity index is 2.85. The molecule has 0 aromatic heterocycles. The smallest absolute Gasteiger partial charge is 0.243 e. The van der Waals surface area contributed by atoms with Gasteiger partial charge in [-0.05, 0) is 57.1 Å².